The Bertz CT molecular complexity index is 2480. The Kier molecular flexibility index (Phi) is 5.65. The van der Waals surface area contributed by atoms with Gasteiger partial charge in [0.05, 0.1) is 45.3 Å². The van der Waals surface area contributed by atoms with Crippen LogP contribution in [0.5, 0.6) is 0 Å². The summed E-state index contributed by atoms with van der Waals surface area (Å²) in [6, 6.07) is 47.2. The van der Waals surface area contributed by atoms with Gasteiger partial charge in [-0.1, -0.05) is 48.5 Å². The van der Waals surface area contributed by atoms with Crippen LogP contribution in [0.4, 0.5) is 0 Å². The van der Waals surface area contributed by atoms with Crippen LogP contribution >= 0.6 is 11.8 Å². The van der Waals surface area contributed by atoms with Gasteiger partial charge in [-0.25, -0.2) is 0 Å². The van der Waals surface area contributed by atoms with Crippen molar-refractivity contribution in [2.75, 3.05) is 0 Å². The topological polar surface area (TPSA) is 57.4 Å². The Morgan fingerprint density at radius 3 is 1.38 bits per heavy atom. The fourth-order valence-electron chi connectivity index (χ4n) is 7.07. The maximum atomic E-state index is 9.64. The average molecular weight is 593 g/mol. The van der Waals surface area contributed by atoms with Gasteiger partial charge in [0.25, 0.3) is 0 Å². The van der Waals surface area contributed by atoms with E-state index in [-0.39, 0.29) is 0 Å². The number of hydrogen-bond donors (Lipinski definition) is 0. The highest BCUT2D eigenvalue weighted by atomic mass is 32.2. The first-order valence-corrected chi connectivity index (χ1v) is 16.1. The lowest BCUT2D eigenvalue weighted by molar-refractivity contribution is 1.17. The van der Waals surface area contributed by atoms with Gasteiger partial charge in [0.2, 0.25) is 0 Å². The third-order valence-electron chi connectivity index (χ3n) is 9.11. The van der Waals surface area contributed by atoms with E-state index in [2.05, 4.69) is 106 Å². The minimum atomic E-state index is 0.606. The van der Waals surface area contributed by atoms with Crippen LogP contribution in [0.25, 0.3) is 66.1 Å². The summed E-state index contributed by atoms with van der Waals surface area (Å²) in [4.78, 5) is 0. The molecular formula is C40H24N4S. The molecule has 2 aromatic heterocycles. The van der Waals surface area contributed by atoms with E-state index in [1.54, 1.807) is 0 Å². The quantitative estimate of drug-likeness (QED) is 0.201. The minimum absolute atomic E-state index is 0.606. The standard InChI is InChI=1S/C40H24N4S/c41-21-25-9-15-39-35(17-25)36-18-26(22-42)10-16-40(36)44(39)30-14-12-28-24-45-23-27-11-13-29(19-33(27)34(28)20-30)43-37-7-3-1-5-31(37)32-6-2-4-8-38(32)43/h1-20H,23-24H2. The van der Waals surface area contributed by atoms with Gasteiger partial charge in [0, 0.05) is 44.4 Å². The molecule has 0 bridgehead atoms. The summed E-state index contributed by atoms with van der Waals surface area (Å²) in [5, 5.41) is 23.7. The van der Waals surface area contributed by atoms with Gasteiger partial charge in [-0.2, -0.15) is 22.3 Å². The van der Waals surface area contributed by atoms with E-state index in [0.29, 0.717) is 11.1 Å². The fourth-order valence-corrected chi connectivity index (χ4v) is 8.12. The number of rotatable bonds is 2. The monoisotopic (exact) mass is 592 g/mol. The molecule has 6 aromatic carbocycles. The van der Waals surface area contributed by atoms with Crippen molar-refractivity contribution in [3.63, 3.8) is 0 Å². The van der Waals surface area contributed by atoms with Gasteiger partial charge in [-0.15, -0.1) is 0 Å². The Hall–Kier alpha value is -5.75. The number of nitrogens with zero attached hydrogens (tertiary/aromatic N) is 4. The normalized spacial score (nSPS) is 12.6. The number of thioether (sulfide) groups is 1. The molecule has 1 aliphatic heterocycles. The van der Waals surface area contributed by atoms with Crippen LogP contribution in [0.15, 0.2) is 121 Å². The van der Waals surface area contributed by atoms with Crippen LogP contribution < -0.4 is 0 Å². The molecule has 0 saturated carbocycles. The third-order valence-corrected chi connectivity index (χ3v) is 10.1. The highest BCUT2D eigenvalue weighted by Gasteiger charge is 2.20. The van der Waals surface area contributed by atoms with Crippen molar-refractivity contribution >= 4 is 55.4 Å². The van der Waals surface area contributed by atoms with Crippen molar-refractivity contribution in [2.45, 2.75) is 11.5 Å². The summed E-state index contributed by atoms with van der Waals surface area (Å²) in [5.41, 5.74) is 13.0. The molecule has 0 unspecified atom stereocenters. The number of aromatic nitrogens is 2. The summed E-state index contributed by atoms with van der Waals surface area (Å²) >= 11 is 1.95. The second-order valence-corrected chi connectivity index (χ2v) is 12.6. The Morgan fingerprint density at radius 1 is 0.467 bits per heavy atom. The molecule has 4 nitrogen and oxygen atoms in total. The lowest BCUT2D eigenvalue weighted by Gasteiger charge is -2.16. The smallest absolute Gasteiger partial charge is 0.0991 e. The molecule has 1 aliphatic rings. The van der Waals surface area contributed by atoms with Crippen LogP contribution in [0, 0.1) is 22.7 Å². The van der Waals surface area contributed by atoms with Crippen LogP contribution in [0.3, 0.4) is 0 Å². The van der Waals surface area contributed by atoms with Crippen LogP contribution in [-0.4, -0.2) is 9.13 Å². The Labute approximate surface area is 264 Å². The maximum absolute atomic E-state index is 9.64. The van der Waals surface area contributed by atoms with Crippen LogP contribution in [0.2, 0.25) is 0 Å². The summed E-state index contributed by atoms with van der Waals surface area (Å²) in [7, 11) is 0. The van der Waals surface area contributed by atoms with E-state index >= 15 is 0 Å². The van der Waals surface area contributed by atoms with E-state index in [9.17, 15) is 10.5 Å². The molecule has 3 heterocycles. The summed E-state index contributed by atoms with van der Waals surface area (Å²) in [6.07, 6.45) is 0. The number of fused-ring (bicyclic) bond motifs is 9. The predicted octanol–water partition coefficient (Wildman–Crippen LogP) is 10.0. The van der Waals surface area contributed by atoms with Gasteiger partial charge in [-0.05, 0) is 95.1 Å². The largest absolute Gasteiger partial charge is 0.309 e. The molecule has 0 aliphatic carbocycles. The van der Waals surface area contributed by atoms with E-state index in [1.165, 1.54) is 44.1 Å². The van der Waals surface area contributed by atoms with E-state index in [0.717, 1.165) is 44.7 Å². The first-order valence-electron chi connectivity index (χ1n) is 14.9. The molecule has 0 spiro atoms. The summed E-state index contributed by atoms with van der Waals surface area (Å²) in [5.74, 6) is 1.90. The molecule has 0 amide bonds. The number of para-hydroxylation sites is 2. The minimum Gasteiger partial charge on any atom is -0.309 e. The lowest BCUT2D eigenvalue weighted by Crippen LogP contribution is -1.99. The van der Waals surface area contributed by atoms with E-state index in [1.807, 2.05) is 48.2 Å². The fraction of sp³-hybridized carbons (Fsp3) is 0.0500. The second-order valence-electron chi connectivity index (χ2n) is 11.6. The van der Waals surface area contributed by atoms with Crippen LogP contribution in [-0.2, 0) is 11.5 Å². The van der Waals surface area contributed by atoms with Crippen molar-refractivity contribution in [1.29, 1.82) is 10.5 Å². The Morgan fingerprint density at radius 2 is 0.911 bits per heavy atom. The molecule has 0 atom stereocenters. The van der Waals surface area contributed by atoms with Gasteiger partial charge < -0.3 is 9.13 Å². The second kappa shape index (κ2) is 9.89. The zero-order valence-electron chi connectivity index (χ0n) is 24.2. The third kappa shape index (κ3) is 3.85. The van der Waals surface area contributed by atoms with Gasteiger partial charge in [-0.3, -0.25) is 0 Å². The van der Waals surface area contributed by atoms with Crippen LogP contribution in [0.1, 0.15) is 22.3 Å². The Balaban J connectivity index is 1.29. The lowest BCUT2D eigenvalue weighted by atomic mass is 9.95. The molecule has 5 heteroatoms. The molecular weight excluding hydrogens is 569 g/mol. The van der Waals surface area contributed by atoms with Crippen molar-refractivity contribution in [2.24, 2.45) is 0 Å². The molecule has 0 radical (unpaired) electrons. The predicted molar refractivity (Wildman–Crippen MR) is 185 cm³/mol. The zero-order valence-corrected chi connectivity index (χ0v) is 25.0. The average Bonchev–Trinajstić information content (AvgIpc) is 3.53. The van der Waals surface area contributed by atoms with E-state index in [4.69, 9.17) is 0 Å². The first-order chi connectivity index (χ1) is 22.2. The molecule has 45 heavy (non-hydrogen) atoms. The molecule has 9 rings (SSSR count). The molecule has 210 valence electrons. The number of hydrogen-bond acceptors (Lipinski definition) is 3. The van der Waals surface area contributed by atoms with Crippen molar-refractivity contribution in [3.8, 4) is 34.6 Å². The summed E-state index contributed by atoms with van der Waals surface area (Å²) < 4.78 is 4.65. The van der Waals surface area contributed by atoms with Crippen molar-refractivity contribution < 1.29 is 0 Å². The first kappa shape index (κ1) is 25.7. The van der Waals surface area contributed by atoms with Gasteiger partial charge in [0.1, 0.15) is 0 Å². The van der Waals surface area contributed by atoms with E-state index < -0.39 is 0 Å². The molecule has 0 saturated heterocycles. The van der Waals surface area contributed by atoms with Crippen molar-refractivity contribution in [3.05, 3.63) is 144 Å². The number of benzene rings is 6. The SMILES string of the molecule is N#Cc1ccc2c(c1)c1cc(C#N)ccc1n2-c1ccc2c(c1)-c1cc(-n3c4ccccc4c4ccccc43)ccc1CSC2. The van der Waals surface area contributed by atoms with Crippen molar-refractivity contribution in [1.82, 2.24) is 9.13 Å². The molecule has 0 fully saturated rings. The molecule has 0 N–H and O–H groups in total. The highest BCUT2D eigenvalue weighted by molar-refractivity contribution is 7.97. The number of nitriles is 2. The highest BCUT2D eigenvalue weighted by Crippen LogP contribution is 2.41. The maximum Gasteiger partial charge on any atom is 0.0991 e. The molecule has 8 aromatic rings. The van der Waals surface area contributed by atoms with Gasteiger partial charge >= 0.3 is 0 Å². The van der Waals surface area contributed by atoms with Gasteiger partial charge in [0.15, 0.2) is 0 Å². The zero-order chi connectivity index (χ0) is 30.1. The summed E-state index contributed by atoms with van der Waals surface area (Å²) in [6.45, 7) is 0.